The van der Waals surface area contributed by atoms with Gasteiger partial charge in [-0.05, 0) is 56.3 Å². The van der Waals surface area contributed by atoms with Gasteiger partial charge >= 0.3 is 0 Å². The fraction of sp³-hybridized carbons (Fsp3) is 0.588. The van der Waals surface area contributed by atoms with E-state index in [2.05, 4.69) is 23.5 Å². The molecule has 1 unspecified atom stereocenters. The Bertz CT molecular complexity index is 476. The molecule has 4 nitrogen and oxygen atoms in total. The summed E-state index contributed by atoms with van der Waals surface area (Å²) in [6.07, 6.45) is 3.72. The Morgan fingerprint density at radius 3 is 2.95 bits per heavy atom. The largest absolute Gasteiger partial charge is 0.490 e. The van der Waals surface area contributed by atoms with Gasteiger partial charge in [0.1, 0.15) is 0 Å². The number of benzene rings is 1. The number of unbranched alkanes of at least 4 members (excludes halogenated alkanes) is 1. The SMILES string of the molecule is CCOc1cc(C2CCCNC2)ccc1OCCCC#N. The zero-order chi connectivity index (χ0) is 14.9. The van der Waals surface area contributed by atoms with Crippen LogP contribution < -0.4 is 14.8 Å². The van der Waals surface area contributed by atoms with Crippen LogP contribution in [0.4, 0.5) is 0 Å². The summed E-state index contributed by atoms with van der Waals surface area (Å²) in [6.45, 7) is 5.32. The highest BCUT2D eigenvalue weighted by molar-refractivity contribution is 5.44. The van der Waals surface area contributed by atoms with Crippen molar-refractivity contribution in [1.82, 2.24) is 5.32 Å². The smallest absolute Gasteiger partial charge is 0.161 e. The quantitative estimate of drug-likeness (QED) is 0.783. The van der Waals surface area contributed by atoms with Crippen molar-refractivity contribution in [2.75, 3.05) is 26.3 Å². The zero-order valence-corrected chi connectivity index (χ0v) is 12.7. The van der Waals surface area contributed by atoms with Gasteiger partial charge in [0.25, 0.3) is 0 Å². The number of ether oxygens (including phenoxy) is 2. The highest BCUT2D eigenvalue weighted by Crippen LogP contribution is 2.33. The van der Waals surface area contributed by atoms with E-state index in [1.54, 1.807) is 0 Å². The van der Waals surface area contributed by atoms with Gasteiger partial charge in [0.15, 0.2) is 11.5 Å². The molecule has 0 bridgehead atoms. The molecular weight excluding hydrogens is 264 g/mol. The van der Waals surface area contributed by atoms with Crippen LogP contribution in [0.1, 0.15) is 44.1 Å². The fourth-order valence-electron chi connectivity index (χ4n) is 2.64. The first-order valence-electron chi connectivity index (χ1n) is 7.82. The topological polar surface area (TPSA) is 54.3 Å². The minimum Gasteiger partial charge on any atom is -0.490 e. The molecule has 1 aliphatic heterocycles. The van der Waals surface area contributed by atoms with E-state index in [4.69, 9.17) is 14.7 Å². The highest BCUT2D eigenvalue weighted by atomic mass is 16.5. The van der Waals surface area contributed by atoms with Gasteiger partial charge < -0.3 is 14.8 Å². The molecule has 1 heterocycles. The molecule has 2 rings (SSSR count). The first kappa shape index (κ1) is 15.7. The predicted molar refractivity (Wildman–Crippen MR) is 82.8 cm³/mol. The van der Waals surface area contributed by atoms with Crippen molar-refractivity contribution in [3.8, 4) is 17.6 Å². The van der Waals surface area contributed by atoms with Crippen LogP contribution in [0.15, 0.2) is 18.2 Å². The standard InChI is InChI=1S/C17H24N2O2/c1-2-20-17-12-14(15-6-5-10-19-13-15)7-8-16(17)21-11-4-3-9-18/h7-8,12,15,19H,2-6,10-11,13H2,1H3. The summed E-state index contributed by atoms with van der Waals surface area (Å²) in [5.41, 5.74) is 1.31. The molecule has 1 aromatic rings. The average molecular weight is 288 g/mol. The third-order valence-corrected chi connectivity index (χ3v) is 3.73. The second-order valence-corrected chi connectivity index (χ2v) is 5.29. The Kier molecular flexibility index (Phi) is 6.36. The van der Waals surface area contributed by atoms with Crippen LogP contribution in [-0.2, 0) is 0 Å². The van der Waals surface area contributed by atoms with Crippen LogP contribution in [0.5, 0.6) is 11.5 Å². The molecule has 1 atom stereocenters. The molecule has 1 aromatic carbocycles. The van der Waals surface area contributed by atoms with Crippen LogP contribution in [0.2, 0.25) is 0 Å². The molecule has 1 fully saturated rings. The van der Waals surface area contributed by atoms with E-state index >= 15 is 0 Å². The third-order valence-electron chi connectivity index (χ3n) is 3.73. The van der Waals surface area contributed by atoms with Crippen LogP contribution in [0, 0.1) is 11.3 Å². The minimum atomic E-state index is 0.524. The monoisotopic (exact) mass is 288 g/mol. The fourth-order valence-corrected chi connectivity index (χ4v) is 2.64. The Hall–Kier alpha value is -1.73. The van der Waals surface area contributed by atoms with E-state index in [-0.39, 0.29) is 0 Å². The number of nitrogens with one attached hydrogen (secondary N) is 1. The van der Waals surface area contributed by atoms with Gasteiger partial charge in [-0.3, -0.25) is 0 Å². The highest BCUT2D eigenvalue weighted by Gasteiger charge is 2.17. The van der Waals surface area contributed by atoms with Gasteiger partial charge in [-0.2, -0.15) is 5.26 Å². The molecule has 114 valence electrons. The minimum absolute atomic E-state index is 0.524. The number of hydrogen-bond donors (Lipinski definition) is 1. The van der Waals surface area contributed by atoms with Gasteiger partial charge in [-0.15, -0.1) is 0 Å². The number of rotatable bonds is 7. The van der Waals surface area contributed by atoms with Crippen molar-refractivity contribution in [3.63, 3.8) is 0 Å². The maximum Gasteiger partial charge on any atom is 0.161 e. The Labute approximate surface area is 127 Å². The van der Waals surface area contributed by atoms with Crippen LogP contribution in [-0.4, -0.2) is 26.3 Å². The summed E-state index contributed by atoms with van der Waals surface area (Å²) >= 11 is 0. The summed E-state index contributed by atoms with van der Waals surface area (Å²) in [7, 11) is 0. The molecule has 1 aliphatic rings. The lowest BCUT2D eigenvalue weighted by Gasteiger charge is -2.24. The summed E-state index contributed by atoms with van der Waals surface area (Å²) in [5, 5.41) is 12.0. The van der Waals surface area contributed by atoms with Gasteiger partial charge in [-0.1, -0.05) is 6.07 Å². The average Bonchev–Trinajstić information content (AvgIpc) is 2.54. The Balaban J connectivity index is 2.04. The Morgan fingerprint density at radius 2 is 2.24 bits per heavy atom. The van der Waals surface area contributed by atoms with Gasteiger partial charge in [0, 0.05) is 13.0 Å². The van der Waals surface area contributed by atoms with Crippen molar-refractivity contribution in [1.29, 1.82) is 5.26 Å². The van der Waals surface area contributed by atoms with Crippen molar-refractivity contribution in [2.45, 2.75) is 38.5 Å². The molecule has 1 saturated heterocycles. The van der Waals surface area contributed by atoms with Crippen molar-refractivity contribution in [3.05, 3.63) is 23.8 Å². The lowest BCUT2D eigenvalue weighted by Crippen LogP contribution is -2.28. The molecule has 0 spiro atoms. The summed E-state index contributed by atoms with van der Waals surface area (Å²) in [6, 6.07) is 8.38. The lowest BCUT2D eigenvalue weighted by atomic mass is 9.91. The molecule has 0 saturated carbocycles. The van der Waals surface area contributed by atoms with Crippen LogP contribution >= 0.6 is 0 Å². The van der Waals surface area contributed by atoms with E-state index in [0.29, 0.717) is 25.6 Å². The summed E-state index contributed by atoms with van der Waals surface area (Å²) < 4.78 is 11.5. The van der Waals surface area contributed by atoms with Gasteiger partial charge in [-0.25, -0.2) is 0 Å². The third kappa shape index (κ3) is 4.64. The molecular formula is C17H24N2O2. The van der Waals surface area contributed by atoms with E-state index in [0.717, 1.165) is 31.0 Å². The first-order chi connectivity index (χ1) is 10.3. The number of nitriles is 1. The maximum atomic E-state index is 8.55. The van der Waals surface area contributed by atoms with Crippen LogP contribution in [0.25, 0.3) is 0 Å². The van der Waals surface area contributed by atoms with E-state index in [1.807, 2.05) is 13.0 Å². The van der Waals surface area contributed by atoms with Crippen molar-refractivity contribution >= 4 is 0 Å². The summed E-state index contributed by atoms with van der Waals surface area (Å²) in [5.74, 6) is 2.16. The zero-order valence-electron chi connectivity index (χ0n) is 12.7. The van der Waals surface area contributed by atoms with Crippen molar-refractivity contribution < 1.29 is 9.47 Å². The summed E-state index contributed by atoms with van der Waals surface area (Å²) in [4.78, 5) is 0. The second-order valence-electron chi connectivity index (χ2n) is 5.29. The van der Waals surface area contributed by atoms with E-state index < -0.39 is 0 Å². The van der Waals surface area contributed by atoms with Gasteiger partial charge in [0.05, 0.1) is 19.3 Å². The molecule has 1 N–H and O–H groups in total. The second kappa shape index (κ2) is 8.53. The van der Waals surface area contributed by atoms with E-state index in [9.17, 15) is 0 Å². The normalized spacial score (nSPS) is 18.0. The molecule has 4 heteroatoms. The maximum absolute atomic E-state index is 8.55. The van der Waals surface area contributed by atoms with Crippen molar-refractivity contribution in [2.24, 2.45) is 0 Å². The Morgan fingerprint density at radius 1 is 1.33 bits per heavy atom. The molecule has 0 aromatic heterocycles. The van der Waals surface area contributed by atoms with E-state index in [1.165, 1.54) is 18.4 Å². The molecule has 0 amide bonds. The number of hydrogen-bond acceptors (Lipinski definition) is 4. The predicted octanol–water partition coefficient (Wildman–Crippen LogP) is 3.23. The first-order valence-corrected chi connectivity index (χ1v) is 7.82. The van der Waals surface area contributed by atoms with Gasteiger partial charge in [0.2, 0.25) is 0 Å². The number of piperidine rings is 1. The lowest BCUT2D eigenvalue weighted by molar-refractivity contribution is 0.274. The molecule has 21 heavy (non-hydrogen) atoms. The number of nitrogens with zero attached hydrogens (tertiary/aromatic N) is 1. The molecule has 0 aliphatic carbocycles. The van der Waals surface area contributed by atoms with Crippen LogP contribution in [0.3, 0.4) is 0 Å². The molecule has 0 radical (unpaired) electrons.